The molecule has 0 unspecified atom stereocenters. The maximum absolute atomic E-state index is 13.3. The van der Waals surface area contributed by atoms with Gasteiger partial charge >= 0.3 is 0 Å². The molecule has 0 spiro atoms. The molecule has 0 bridgehead atoms. The van der Waals surface area contributed by atoms with E-state index in [9.17, 15) is 4.39 Å². The summed E-state index contributed by atoms with van der Waals surface area (Å²) in [5.74, 6) is 1.13. The van der Waals surface area contributed by atoms with Crippen molar-refractivity contribution in [3.63, 3.8) is 0 Å². The fourth-order valence-electron chi connectivity index (χ4n) is 3.32. The minimum absolute atomic E-state index is 0.231. The lowest BCUT2D eigenvalue weighted by molar-refractivity contribution is 0.453. The topological polar surface area (TPSA) is 48.7 Å². The third kappa shape index (κ3) is 5.37. The maximum Gasteiger partial charge on any atom is 0.127 e. The first kappa shape index (κ1) is 18.5. The van der Waals surface area contributed by atoms with E-state index in [2.05, 4.69) is 35.4 Å². The second kappa shape index (κ2) is 8.91. The molecule has 1 N–H and O–H groups in total. The monoisotopic (exact) mass is 351 g/mol. The lowest BCUT2D eigenvalue weighted by Crippen LogP contribution is -2.27. The number of benzene rings is 1. The van der Waals surface area contributed by atoms with Crippen molar-refractivity contribution in [2.45, 2.75) is 44.9 Å². The number of pyridine rings is 1. The predicted octanol–water partition coefficient (Wildman–Crippen LogP) is 4.51. The van der Waals surface area contributed by atoms with Gasteiger partial charge in [-0.25, -0.2) is 4.39 Å². The predicted molar refractivity (Wildman–Crippen MR) is 101 cm³/mol. The fourth-order valence-corrected chi connectivity index (χ4v) is 3.32. The van der Waals surface area contributed by atoms with E-state index in [0.29, 0.717) is 17.4 Å². The number of hydrogen-bond donors (Lipinski definition) is 1. The molecule has 26 heavy (non-hydrogen) atoms. The number of aryl methyl sites for hydroxylation is 1. The minimum atomic E-state index is -0.231. The molecule has 136 valence electrons. The normalized spacial score (nSPS) is 17.1. The van der Waals surface area contributed by atoms with E-state index >= 15 is 0 Å². The first-order valence-electron chi connectivity index (χ1n) is 9.48. The Bertz CT molecular complexity index is 771. The zero-order valence-electron chi connectivity index (χ0n) is 15.3. The van der Waals surface area contributed by atoms with Gasteiger partial charge in [0.05, 0.1) is 11.6 Å². The first-order chi connectivity index (χ1) is 12.7. The molecular weight excluding hydrogens is 325 g/mol. The van der Waals surface area contributed by atoms with E-state index in [1.807, 2.05) is 6.07 Å². The van der Waals surface area contributed by atoms with Crippen LogP contribution < -0.4 is 5.32 Å². The standard InChI is InChI=1S/C11H10FN.C11H16N2/c12-11-6-9(7-13)3-4-10(11)5-8-1-2-8;1-9-3-2-4-11(13-9)10-5-7-12-8-6-10/h3-4,6,8H,1-2,5H2;2-4,10,12H,5-8H2,1H3. The van der Waals surface area contributed by atoms with Crippen LogP contribution in [0.3, 0.4) is 0 Å². The highest BCUT2D eigenvalue weighted by Crippen LogP contribution is 2.33. The van der Waals surface area contributed by atoms with Gasteiger partial charge in [0.25, 0.3) is 0 Å². The van der Waals surface area contributed by atoms with Crippen LogP contribution in [0.2, 0.25) is 0 Å². The Labute approximate surface area is 155 Å². The maximum atomic E-state index is 13.3. The van der Waals surface area contributed by atoms with Gasteiger partial charge in [0, 0.05) is 17.3 Å². The van der Waals surface area contributed by atoms with Crippen molar-refractivity contribution in [2.24, 2.45) is 5.92 Å². The molecule has 2 aliphatic rings. The van der Waals surface area contributed by atoms with Crippen LogP contribution in [0, 0.1) is 30.0 Å². The van der Waals surface area contributed by atoms with Crippen LogP contribution in [0.1, 0.15) is 54.1 Å². The van der Waals surface area contributed by atoms with Crippen LogP contribution in [-0.4, -0.2) is 18.1 Å². The van der Waals surface area contributed by atoms with Gasteiger partial charge in [-0.2, -0.15) is 5.26 Å². The second-order valence-corrected chi connectivity index (χ2v) is 7.29. The zero-order chi connectivity index (χ0) is 18.4. The van der Waals surface area contributed by atoms with E-state index in [1.165, 1.54) is 37.4 Å². The summed E-state index contributed by atoms with van der Waals surface area (Å²) >= 11 is 0. The number of rotatable bonds is 3. The van der Waals surface area contributed by atoms with E-state index in [0.717, 1.165) is 30.8 Å². The number of nitrogens with one attached hydrogen (secondary N) is 1. The number of aromatic nitrogens is 1. The smallest absolute Gasteiger partial charge is 0.127 e. The molecule has 2 aromatic rings. The van der Waals surface area contributed by atoms with Crippen molar-refractivity contribution < 1.29 is 4.39 Å². The highest BCUT2D eigenvalue weighted by Gasteiger charge is 2.22. The number of halogens is 1. The van der Waals surface area contributed by atoms with Crippen molar-refractivity contribution in [1.29, 1.82) is 5.26 Å². The van der Waals surface area contributed by atoms with E-state index in [4.69, 9.17) is 5.26 Å². The van der Waals surface area contributed by atoms with Crippen LogP contribution in [0.5, 0.6) is 0 Å². The van der Waals surface area contributed by atoms with Crippen molar-refractivity contribution in [3.05, 3.63) is 64.7 Å². The van der Waals surface area contributed by atoms with Gasteiger partial charge < -0.3 is 5.32 Å². The Hall–Kier alpha value is -2.25. The van der Waals surface area contributed by atoms with Crippen molar-refractivity contribution in [3.8, 4) is 6.07 Å². The average molecular weight is 351 g/mol. The van der Waals surface area contributed by atoms with Crippen molar-refractivity contribution >= 4 is 0 Å². The third-order valence-corrected chi connectivity index (χ3v) is 5.05. The van der Waals surface area contributed by atoms with Gasteiger partial charge in [-0.1, -0.05) is 12.1 Å². The van der Waals surface area contributed by atoms with Crippen LogP contribution in [0.15, 0.2) is 36.4 Å². The Morgan fingerprint density at radius 3 is 2.54 bits per heavy atom. The zero-order valence-corrected chi connectivity index (χ0v) is 15.3. The summed E-state index contributed by atoms with van der Waals surface area (Å²) in [5.41, 5.74) is 3.57. The molecule has 0 radical (unpaired) electrons. The molecule has 2 heterocycles. The minimum Gasteiger partial charge on any atom is -0.317 e. The van der Waals surface area contributed by atoms with Crippen LogP contribution in [0.25, 0.3) is 0 Å². The van der Waals surface area contributed by atoms with E-state index < -0.39 is 0 Å². The largest absolute Gasteiger partial charge is 0.317 e. The fraction of sp³-hybridized carbons (Fsp3) is 0.455. The van der Waals surface area contributed by atoms with Gasteiger partial charge in [0.1, 0.15) is 5.82 Å². The molecule has 3 nitrogen and oxygen atoms in total. The highest BCUT2D eigenvalue weighted by atomic mass is 19.1. The molecule has 4 heteroatoms. The Morgan fingerprint density at radius 2 is 1.92 bits per heavy atom. The summed E-state index contributed by atoms with van der Waals surface area (Å²) in [6.07, 6.45) is 5.74. The van der Waals surface area contributed by atoms with Crippen molar-refractivity contribution in [1.82, 2.24) is 10.3 Å². The Kier molecular flexibility index (Phi) is 6.35. The van der Waals surface area contributed by atoms with Crippen LogP contribution >= 0.6 is 0 Å². The molecule has 1 saturated carbocycles. The molecule has 0 atom stereocenters. The summed E-state index contributed by atoms with van der Waals surface area (Å²) in [7, 11) is 0. The SMILES string of the molecule is Cc1cccc(C2CCNCC2)n1.N#Cc1ccc(CC2CC2)c(F)c1. The molecule has 1 aromatic heterocycles. The van der Waals surface area contributed by atoms with Gasteiger partial charge in [0.15, 0.2) is 0 Å². The van der Waals surface area contributed by atoms with Gasteiger partial charge in [-0.3, -0.25) is 4.98 Å². The summed E-state index contributed by atoms with van der Waals surface area (Å²) < 4.78 is 13.3. The van der Waals surface area contributed by atoms with E-state index in [-0.39, 0.29) is 5.82 Å². The van der Waals surface area contributed by atoms with E-state index in [1.54, 1.807) is 12.1 Å². The van der Waals surface area contributed by atoms with Gasteiger partial charge in [0.2, 0.25) is 0 Å². The molecule has 2 fully saturated rings. The summed E-state index contributed by atoms with van der Waals surface area (Å²) in [6.45, 7) is 4.34. The van der Waals surface area contributed by atoms with Gasteiger partial charge in [-0.05, 0) is 87.9 Å². The van der Waals surface area contributed by atoms with Crippen LogP contribution in [0.4, 0.5) is 4.39 Å². The number of nitrogens with zero attached hydrogens (tertiary/aromatic N) is 2. The van der Waals surface area contributed by atoms with Crippen LogP contribution in [-0.2, 0) is 6.42 Å². The average Bonchev–Trinajstić information content (AvgIpc) is 3.49. The molecule has 1 aliphatic heterocycles. The van der Waals surface area contributed by atoms with Crippen molar-refractivity contribution in [2.75, 3.05) is 13.1 Å². The lowest BCUT2D eigenvalue weighted by atomic mass is 9.94. The summed E-state index contributed by atoms with van der Waals surface area (Å²) in [5, 5.41) is 11.9. The first-order valence-corrected chi connectivity index (χ1v) is 9.48. The summed E-state index contributed by atoms with van der Waals surface area (Å²) in [6, 6.07) is 13.0. The molecule has 1 aliphatic carbocycles. The third-order valence-electron chi connectivity index (χ3n) is 5.05. The number of piperidine rings is 1. The number of hydrogen-bond acceptors (Lipinski definition) is 3. The number of nitriles is 1. The lowest BCUT2D eigenvalue weighted by Gasteiger charge is -2.22. The highest BCUT2D eigenvalue weighted by molar-refractivity contribution is 5.33. The second-order valence-electron chi connectivity index (χ2n) is 7.29. The molecule has 1 saturated heterocycles. The molecule has 0 amide bonds. The van der Waals surface area contributed by atoms with Gasteiger partial charge in [-0.15, -0.1) is 0 Å². The quantitative estimate of drug-likeness (QED) is 0.885. The molecular formula is C22H26FN3. The Balaban J connectivity index is 0.000000151. The Morgan fingerprint density at radius 1 is 1.15 bits per heavy atom. The summed E-state index contributed by atoms with van der Waals surface area (Å²) in [4.78, 5) is 4.57. The molecule has 4 rings (SSSR count). The molecule has 1 aromatic carbocycles.